The summed E-state index contributed by atoms with van der Waals surface area (Å²) in [6, 6.07) is 9.71. The van der Waals surface area contributed by atoms with Gasteiger partial charge in [0.05, 0.1) is 11.0 Å². The highest BCUT2D eigenvalue weighted by Crippen LogP contribution is 2.30. The van der Waals surface area contributed by atoms with Gasteiger partial charge in [-0.2, -0.15) is 0 Å². The van der Waals surface area contributed by atoms with Crippen LogP contribution in [0, 0.1) is 0 Å². The van der Waals surface area contributed by atoms with Crippen LogP contribution in [0.2, 0.25) is 0 Å². The molecule has 21 heavy (non-hydrogen) atoms. The molecular weight excluding hydrogens is 370 g/mol. The molecular formula is C15H12BrNO2S2. The zero-order valence-electron chi connectivity index (χ0n) is 10.9. The van der Waals surface area contributed by atoms with Crippen LogP contribution >= 0.6 is 38.6 Å². The van der Waals surface area contributed by atoms with Crippen LogP contribution in [-0.4, -0.2) is 17.6 Å². The first-order valence-corrected chi connectivity index (χ1v) is 8.87. The Morgan fingerprint density at radius 2 is 2.10 bits per heavy atom. The number of nitrogens with one attached hydrogen (secondary N) is 1. The lowest BCUT2D eigenvalue weighted by atomic mass is 10.1. The maximum atomic E-state index is 12.0. The maximum absolute atomic E-state index is 12.0. The van der Waals surface area contributed by atoms with Crippen LogP contribution in [0.25, 0.3) is 10.1 Å². The van der Waals surface area contributed by atoms with Gasteiger partial charge in [0.15, 0.2) is 0 Å². The lowest BCUT2D eigenvalue weighted by Gasteiger charge is -2.11. The number of amides is 1. The molecule has 0 saturated heterocycles. The molecule has 3 aromatic rings. The van der Waals surface area contributed by atoms with Crippen LogP contribution in [0.5, 0.6) is 0 Å². The van der Waals surface area contributed by atoms with Crippen molar-refractivity contribution in [3.63, 3.8) is 0 Å². The smallest absolute Gasteiger partial charge is 0.261 e. The number of aliphatic hydroxyl groups excluding tert-OH is 1. The Labute approximate surface area is 138 Å². The topological polar surface area (TPSA) is 49.3 Å². The zero-order valence-corrected chi connectivity index (χ0v) is 14.1. The van der Waals surface area contributed by atoms with Crippen molar-refractivity contribution < 1.29 is 9.90 Å². The third-order valence-electron chi connectivity index (χ3n) is 3.12. The first kappa shape index (κ1) is 14.7. The highest BCUT2D eigenvalue weighted by Gasteiger charge is 2.15. The molecule has 2 N–H and O–H groups in total. The molecule has 108 valence electrons. The zero-order chi connectivity index (χ0) is 14.8. The Balaban J connectivity index is 1.69. The minimum absolute atomic E-state index is 0.163. The molecule has 0 saturated carbocycles. The number of rotatable bonds is 4. The Bertz CT molecular complexity index is 781. The number of aliphatic hydroxyl groups is 1. The Hall–Kier alpha value is -1.21. The molecule has 2 heterocycles. The number of hydrogen-bond acceptors (Lipinski definition) is 4. The van der Waals surface area contributed by atoms with Crippen LogP contribution in [0.1, 0.15) is 21.3 Å². The van der Waals surface area contributed by atoms with E-state index < -0.39 is 6.10 Å². The summed E-state index contributed by atoms with van der Waals surface area (Å²) >= 11 is 6.29. The van der Waals surface area contributed by atoms with E-state index in [9.17, 15) is 9.90 Å². The molecule has 0 aliphatic heterocycles. The van der Waals surface area contributed by atoms with Crippen molar-refractivity contribution in [1.29, 1.82) is 0 Å². The quantitative estimate of drug-likeness (QED) is 0.711. The van der Waals surface area contributed by atoms with Gasteiger partial charge < -0.3 is 10.4 Å². The fourth-order valence-electron chi connectivity index (χ4n) is 2.07. The second kappa shape index (κ2) is 6.27. The van der Waals surface area contributed by atoms with E-state index in [-0.39, 0.29) is 12.5 Å². The second-order valence-corrected chi connectivity index (χ2v) is 7.28. The first-order chi connectivity index (χ1) is 10.1. The van der Waals surface area contributed by atoms with Gasteiger partial charge in [0, 0.05) is 26.7 Å². The van der Waals surface area contributed by atoms with Crippen molar-refractivity contribution in [3.05, 3.63) is 56.0 Å². The van der Waals surface area contributed by atoms with Gasteiger partial charge in [-0.3, -0.25) is 4.79 Å². The SMILES string of the molecule is O=C(NC[C@@H](O)c1csc2ccccc12)c1cc(Br)cs1. The third kappa shape index (κ3) is 3.18. The Morgan fingerprint density at radius 3 is 2.86 bits per heavy atom. The Kier molecular flexibility index (Phi) is 4.40. The number of benzene rings is 1. The summed E-state index contributed by atoms with van der Waals surface area (Å²) in [4.78, 5) is 12.6. The molecule has 1 amide bonds. The molecule has 0 spiro atoms. The van der Waals surface area contributed by atoms with Crippen molar-refractivity contribution in [2.75, 3.05) is 6.54 Å². The van der Waals surface area contributed by atoms with Crippen LogP contribution in [-0.2, 0) is 0 Å². The second-order valence-electron chi connectivity index (χ2n) is 4.54. The van der Waals surface area contributed by atoms with Crippen molar-refractivity contribution in [2.24, 2.45) is 0 Å². The van der Waals surface area contributed by atoms with Crippen LogP contribution < -0.4 is 5.32 Å². The van der Waals surface area contributed by atoms with Gasteiger partial charge in [-0.25, -0.2) is 0 Å². The summed E-state index contributed by atoms with van der Waals surface area (Å²) in [5, 5.41) is 17.9. The minimum Gasteiger partial charge on any atom is -0.387 e. The van der Waals surface area contributed by atoms with Crippen molar-refractivity contribution >= 4 is 54.6 Å². The van der Waals surface area contributed by atoms with Crippen LogP contribution in [0.4, 0.5) is 0 Å². The highest BCUT2D eigenvalue weighted by molar-refractivity contribution is 9.10. The van der Waals surface area contributed by atoms with Crippen LogP contribution in [0.3, 0.4) is 0 Å². The fourth-order valence-corrected chi connectivity index (χ4v) is 4.43. The van der Waals surface area contributed by atoms with Gasteiger partial charge in [-0.1, -0.05) is 18.2 Å². The van der Waals surface area contributed by atoms with Crippen LogP contribution in [0.15, 0.2) is 45.6 Å². The molecule has 0 aliphatic carbocycles. The minimum atomic E-state index is -0.700. The summed E-state index contributed by atoms with van der Waals surface area (Å²) in [6.45, 7) is 0.203. The molecule has 3 nitrogen and oxygen atoms in total. The largest absolute Gasteiger partial charge is 0.387 e. The van der Waals surface area contributed by atoms with E-state index in [4.69, 9.17) is 0 Å². The number of hydrogen-bond donors (Lipinski definition) is 2. The normalized spacial score (nSPS) is 12.5. The van der Waals surface area contributed by atoms with Crippen molar-refractivity contribution in [3.8, 4) is 0 Å². The molecule has 0 bridgehead atoms. The van der Waals surface area contributed by atoms with E-state index in [2.05, 4.69) is 21.2 Å². The van der Waals surface area contributed by atoms with Gasteiger partial charge in [-0.15, -0.1) is 22.7 Å². The lowest BCUT2D eigenvalue weighted by Crippen LogP contribution is -2.27. The fraction of sp³-hybridized carbons (Fsp3) is 0.133. The van der Waals surface area contributed by atoms with E-state index in [1.54, 1.807) is 17.4 Å². The molecule has 0 radical (unpaired) electrons. The van der Waals surface area contributed by atoms with Gasteiger partial charge in [0.25, 0.3) is 5.91 Å². The van der Waals surface area contributed by atoms with Gasteiger partial charge in [-0.05, 0) is 38.8 Å². The number of fused-ring (bicyclic) bond motifs is 1. The molecule has 3 rings (SSSR count). The molecule has 1 atom stereocenters. The van der Waals surface area contributed by atoms with Crippen molar-refractivity contribution in [1.82, 2.24) is 5.32 Å². The van der Waals surface area contributed by atoms with E-state index in [0.29, 0.717) is 4.88 Å². The average molecular weight is 382 g/mol. The predicted octanol–water partition coefficient (Wildman–Crippen LogP) is 4.19. The van der Waals surface area contributed by atoms with Gasteiger partial charge >= 0.3 is 0 Å². The lowest BCUT2D eigenvalue weighted by molar-refractivity contribution is 0.0921. The summed E-state index contributed by atoms with van der Waals surface area (Å²) < 4.78 is 2.03. The standard InChI is InChI=1S/C15H12BrNO2S2/c16-9-5-14(20-7-9)15(19)17-6-12(18)11-8-21-13-4-2-1-3-10(11)13/h1-5,7-8,12,18H,6H2,(H,17,19)/t12-/m1/s1. The number of carbonyl (C=O) groups excluding carboxylic acids is 1. The summed E-state index contributed by atoms with van der Waals surface area (Å²) in [7, 11) is 0. The summed E-state index contributed by atoms with van der Waals surface area (Å²) in [5.74, 6) is -0.163. The monoisotopic (exact) mass is 381 g/mol. The van der Waals surface area contributed by atoms with Gasteiger partial charge in [0.1, 0.15) is 0 Å². The van der Waals surface area contributed by atoms with E-state index >= 15 is 0 Å². The number of carbonyl (C=O) groups is 1. The summed E-state index contributed by atoms with van der Waals surface area (Å²) in [5.41, 5.74) is 0.864. The molecule has 0 unspecified atom stereocenters. The molecule has 0 fully saturated rings. The third-order valence-corrected chi connectivity index (χ3v) is 5.79. The molecule has 1 aromatic carbocycles. The van der Waals surface area contributed by atoms with Crippen molar-refractivity contribution in [2.45, 2.75) is 6.10 Å². The Morgan fingerprint density at radius 1 is 1.29 bits per heavy atom. The number of halogens is 1. The summed E-state index contributed by atoms with van der Waals surface area (Å²) in [6.07, 6.45) is -0.700. The predicted molar refractivity (Wildman–Crippen MR) is 91.1 cm³/mol. The van der Waals surface area contributed by atoms with E-state index in [1.807, 2.05) is 35.0 Å². The number of thiophene rings is 2. The van der Waals surface area contributed by atoms with Gasteiger partial charge in [0.2, 0.25) is 0 Å². The maximum Gasteiger partial charge on any atom is 0.261 e. The molecule has 0 aliphatic rings. The molecule has 2 aromatic heterocycles. The highest BCUT2D eigenvalue weighted by atomic mass is 79.9. The van der Waals surface area contributed by atoms with E-state index in [0.717, 1.165) is 20.1 Å². The molecule has 6 heteroatoms. The van der Waals surface area contributed by atoms with E-state index in [1.165, 1.54) is 11.3 Å². The first-order valence-electron chi connectivity index (χ1n) is 6.31. The average Bonchev–Trinajstić information content (AvgIpc) is 3.10.